The zero-order valence-corrected chi connectivity index (χ0v) is 16.9. The van der Waals surface area contributed by atoms with Crippen molar-refractivity contribution < 1.29 is 9.53 Å². The van der Waals surface area contributed by atoms with E-state index in [4.69, 9.17) is 4.74 Å². The molecule has 0 fully saturated rings. The van der Waals surface area contributed by atoms with Crippen LogP contribution in [0.1, 0.15) is 25.0 Å². The van der Waals surface area contributed by atoms with Crippen LogP contribution < -0.4 is 21.3 Å². The highest BCUT2D eigenvalue weighted by Gasteiger charge is 2.10. The first kappa shape index (κ1) is 21.0. The molecule has 8 heteroatoms. The zero-order valence-electron chi connectivity index (χ0n) is 16.9. The average molecular weight is 408 g/mol. The number of carbonyl (C=O) groups is 1. The quantitative estimate of drug-likeness (QED) is 0.610. The molecule has 3 aromatic rings. The minimum Gasteiger partial charge on any atom is -0.475 e. The van der Waals surface area contributed by atoms with Gasteiger partial charge in [0.25, 0.3) is 5.56 Å². The normalized spacial score (nSPS) is 10.8. The summed E-state index contributed by atoms with van der Waals surface area (Å²) < 4.78 is 7.81. The fourth-order valence-electron chi connectivity index (χ4n) is 2.83. The number of rotatable bonds is 8. The number of nitrogens with one attached hydrogen (secondary N) is 1. The lowest BCUT2D eigenvalue weighted by Crippen LogP contribution is -2.43. The van der Waals surface area contributed by atoms with Gasteiger partial charge < -0.3 is 10.1 Å². The minimum atomic E-state index is -0.529. The van der Waals surface area contributed by atoms with E-state index in [0.29, 0.717) is 12.4 Å². The maximum absolute atomic E-state index is 12.7. The van der Waals surface area contributed by atoms with Crippen LogP contribution in [0.5, 0.6) is 5.88 Å². The molecule has 1 N–H and O–H groups in total. The molecule has 0 spiro atoms. The summed E-state index contributed by atoms with van der Waals surface area (Å²) in [7, 11) is 0. The zero-order chi connectivity index (χ0) is 21.5. The highest BCUT2D eigenvalue weighted by Crippen LogP contribution is 2.09. The molecule has 30 heavy (non-hydrogen) atoms. The molecule has 0 aliphatic heterocycles. The third-order valence-corrected chi connectivity index (χ3v) is 4.28. The first-order valence-corrected chi connectivity index (χ1v) is 9.65. The number of nitrogens with zero attached hydrogens (tertiary/aromatic N) is 3. The Kier molecular flexibility index (Phi) is 6.79. The molecule has 156 valence electrons. The van der Waals surface area contributed by atoms with Crippen molar-refractivity contribution >= 4 is 5.91 Å². The van der Waals surface area contributed by atoms with Crippen molar-refractivity contribution in [3.63, 3.8) is 0 Å². The SMILES string of the molecule is CC(C)Oc1ccc(CNC(=O)Cn2c(=O)ccn(Cc3ccccc3)c2=O)cn1. The third kappa shape index (κ3) is 5.66. The van der Waals surface area contributed by atoms with E-state index in [-0.39, 0.29) is 19.2 Å². The van der Waals surface area contributed by atoms with Crippen LogP contribution in [-0.4, -0.2) is 26.1 Å². The van der Waals surface area contributed by atoms with Gasteiger partial charge in [-0.2, -0.15) is 0 Å². The maximum atomic E-state index is 12.7. The monoisotopic (exact) mass is 408 g/mol. The molecule has 1 amide bonds. The summed E-state index contributed by atoms with van der Waals surface area (Å²) in [5.41, 5.74) is 0.655. The summed E-state index contributed by atoms with van der Waals surface area (Å²) in [5.74, 6) is 0.0732. The first-order valence-electron chi connectivity index (χ1n) is 9.65. The molecule has 2 aromatic heterocycles. The molecule has 0 aliphatic rings. The van der Waals surface area contributed by atoms with Gasteiger partial charge >= 0.3 is 5.69 Å². The molecule has 0 saturated heterocycles. The van der Waals surface area contributed by atoms with E-state index in [0.717, 1.165) is 15.7 Å². The lowest BCUT2D eigenvalue weighted by atomic mass is 10.2. The predicted octanol–water partition coefficient (Wildman–Crippen LogP) is 1.56. The van der Waals surface area contributed by atoms with E-state index in [1.807, 2.05) is 44.2 Å². The van der Waals surface area contributed by atoms with Gasteiger partial charge in [-0.1, -0.05) is 36.4 Å². The van der Waals surface area contributed by atoms with Gasteiger partial charge in [-0.3, -0.25) is 18.7 Å². The average Bonchev–Trinajstić information content (AvgIpc) is 2.73. The Labute approximate surface area is 173 Å². The van der Waals surface area contributed by atoms with Crippen LogP contribution in [0.3, 0.4) is 0 Å². The summed E-state index contributed by atoms with van der Waals surface area (Å²) in [5, 5.41) is 2.70. The lowest BCUT2D eigenvalue weighted by molar-refractivity contribution is -0.121. The van der Waals surface area contributed by atoms with Crippen molar-refractivity contribution in [1.29, 1.82) is 0 Å². The van der Waals surface area contributed by atoms with Crippen LogP contribution in [0.25, 0.3) is 0 Å². The minimum absolute atomic E-state index is 0.0261. The number of carbonyl (C=O) groups excluding carboxylic acids is 1. The van der Waals surface area contributed by atoms with Gasteiger partial charge in [-0.25, -0.2) is 9.78 Å². The van der Waals surface area contributed by atoms with Gasteiger partial charge in [-0.15, -0.1) is 0 Å². The Morgan fingerprint density at radius 2 is 1.83 bits per heavy atom. The standard InChI is InChI=1S/C22H24N4O4/c1-16(2)30-20-9-8-18(13-24-20)12-23-19(27)15-26-21(28)10-11-25(22(26)29)14-17-6-4-3-5-7-17/h3-11,13,16H,12,14-15H2,1-2H3,(H,23,27). The Morgan fingerprint density at radius 1 is 1.07 bits per heavy atom. The first-order chi connectivity index (χ1) is 14.4. The Balaban J connectivity index is 1.64. The highest BCUT2D eigenvalue weighted by atomic mass is 16.5. The molecular weight excluding hydrogens is 384 g/mol. The summed E-state index contributed by atoms with van der Waals surface area (Å²) in [4.78, 5) is 41.3. The van der Waals surface area contributed by atoms with Gasteiger partial charge in [0.2, 0.25) is 11.8 Å². The maximum Gasteiger partial charge on any atom is 0.331 e. The molecule has 3 rings (SSSR count). The molecular formula is C22H24N4O4. The molecule has 0 bridgehead atoms. The van der Waals surface area contributed by atoms with Gasteiger partial charge in [0.1, 0.15) is 6.54 Å². The fourth-order valence-corrected chi connectivity index (χ4v) is 2.83. The third-order valence-electron chi connectivity index (χ3n) is 4.28. The van der Waals surface area contributed by atoms with Gasteiger partial charge in [-0.05, 0) is 25.0 Å². The highest BCUT2D eigenvalue weighted by molar-refractivity contribution is 5.75. The molecule has 0 unspecified atom stereocenters. The van der Waals surface area contributed by atoms with Crippen molar-refractivity contribution in [1.82, 2.24) is 19.4 Å². The van der Waals surface area contributed by atoms with Crippen molar-refractivity contribution in [2.24, 2.45) is 0 Å². The molecule has 0 radical (unpaired) electrons. The second-order valence-corrected chi connectivity index (χ2v) is 7.08. The predicted molar refractivity (Wildman–Crippen MR) is 112 cm³/mol. The van der Waals surface area contributed by atoms with Crippen molar-refractivity contribution in [2.75, 3.05) is 0 Å². The summed E-state index contributed by atoms with van der Waals surface area (Å²) in [6.45, 7) is 4.02. The molecule has 8 nitrogen and oxygen atoms in total. The largest absolute Gasteiger partial charge is 0.475 e. The number of amides is 1. The van der Waals surface area contributed by atoms with Gasteiger partial charge in [0.05, 0.1) is 12.6 Å². The van der Waals surface area contributed by atoms with Crippen LogP contribution in [0.15, 0.2) is 70.5 Å². The Bertz CT molecular complexity index is 1100. The number of benzene rings is 1. The smallest absolute Gasteiger partial charge is 0.331 e. The number of pyridine rings is 1. The number of aromatic nitrogens is 3. The van der Waals surface area contributed by atoms with E-state index in [1.54, 1.807) is 18.3 Å². The number of hydrogen-bond donors (Lipinski definition) is 1. The van der Waals surface area contributed by atoms with E-state index in [1.165, 1.54) is 16.8 Å². The Hall–Kier alpha value is -3.68. The molecule has 0 saturated carbocycles. The van der Waals surface area contributed by atoms with E-state index in [9.17, 15) is 14.4 Å². The van der Waals surface area contributed by atoms with Gasteiger partial charge in [0.15, 0.2) is 0 Å². The summed E-state index contributed by atoms with van der Waals surface area (Å²) >= 11 is 0. The molecule has 0 atom stereocenters. The topological polar surface area (TPSA) is 95.2 Å². The van der Waals surface area contributed by atoms with Crippen molar-refractivity contribution in [3.05, 3.63) is 92.9 Å². The second-order valence-electron chi connectivity index (χ2n) is 7.08. The van der Waals surface area contributed by atoms with E-state index >= 15 is 0 Å². The van der Waals surface area contributed by atoms with Crippen LogP contribution in [0.2, 0.25) is 0 Å². The molecule has 1 aromatic carbocycles. The van der Waals surface area contributed by atoms with Crippen LogP contribution in [0.4, 0.5) is 0 Å². The van der Waals surface area contributed by atoms with E-state index < -0.39 is 17.2 Å². The lowest BCUT2D eigenvalue weighted by Gasteiger charge is -2.11. The second kappa shape index (κ2) is 9.69. The van der Waals surface area contributed by atoms with Gasteiger partial charge in [0, 0.05) is 31.1 Å². The van der Waals surface area contributed by atoms with Crippen LogP contribution in [0, 0.1) is 0 Å². The van der Waals surface area contributed by atoms with E-state index in [2.05, 4.69) is 10.3 Å². The van der Waals surface area contributed by atoms with Crippen LogP contribution >= 0.6 is 0 Å². The van der Waals surface area contributed by atoms with Crippen molar-refractivity contribution in [3.8, 4) is 5.88 Å². The van der Waals surface area contributed by atoms with Crippen molar-refractivity contribution in [2.45, 2.75) is 39.6 Å². The fraction of sp³-hybridized carbons (Fsp3) is 0.273. The summed E-state index contributed by atoms with van der Waals surface area (Å²) in [6, 6.07) is 14.2. The number of hydrogen-bond acceptors (Lipinski definition) is 5. The Morgan fingerprint density at radius 3 is 2.50 bits per heavy atom. The van der Waals surface area contributed by atoms with Crippen LogP contribution in [-0.2, 0) is 24.4 Å². The number of ether oxygens (including phenoxy) is 1. The molecule has 2 heterocycles. The molecule has 0 aliphatic carbocycles. The summed E-state index contributed by atoms with van der Waals surface area (Å²) in [6.07, 6.45) is 3.08.